The molecule has 0 aromatic carbocycles. The van der Waals surface area contributed by atoms with Gasteiger partial charge in [0.05, 0.1) is 5.02 Å². The highest BCUT2D eigenvalue weighted by molar-refractivity contribution is 6.31. The fraction of sp³-hybridized carbons (Fsp3) is 0.545. The number of halogens is 1. The molecule has 0 bridgehead atoms. The van der Waals surface area contributed by atoms with E-state index < -0.39 is 0 Å². The van der Waals surface area contributed by atoms with Crippen LogP contribution in [0.3, 0.4) is 0 Å². The van der Waals surface area contributed by atoms with Crippen molar-refractivity contribution in [1.29, 1.82) is 0 Å². The summed E-state index contributed by atoms with van der Waals surface area (Å²) < 4.78 is 0. The van der Waals surface area contributed by atoms with Gasteiger partial charge in [-0.3, -0.25) is 4.98 Å². The van der Waals surface area contributed by atoms with E-state index in [0.29, 0.717) is 5.54 Å². The molecule has 0 saturated heterocycles. The Morgan fingerprint density at radius 2 is 2.36 bits per heavy atom. The Balaban J connectivity index is 1.95. The second kappa shape index (κ2) is 3.87. The molecule has 0 unspecified atom stereocenters. The van der Waals surface area contributed by atoms with Crippen LogP contribution in [0.25, 0.3) is 0 Å². The Morgan fingerprint density at radius 3 is 2.93 bits per heavy atom. The summed E-state index contributed by atoms with van der Waals surface area (Å²) in [7, 11) is 0. The third kappa shape index (κ3) is 2.07. The minimum Gasteiger partial charge on any atom is -0.307 e. The number of aromatic nitrogens is 1. The number of nitrogens with zero attached hydrogens (tertiary/aromatic N) is 1. The average Bonchev–Trinajstić information content (AvgIpc) is 2.14. The van der Waals surface area contributed by atoms with Crippen molar-refractivity contribution in [3.8, 4) is 0 Å². The van der Waals surface area contributed by atoms with Gasteiger partial charge >= 0.3 is 0 Å². The van der Waals surface area contributed by atoms with E-state index in [0.717, 1.165) is 17.1 Å². The van der Waals surface area contributed by atoms with Gasteiger partial charge in [0, 0.05) is 24.5 Å². The summed E-state index contributed by atoms with van der Waals surface area (Å²) in [6.45, 7) is 3.11. The van der Waals surface area contributed by atoms with Gasteiger partial charge in [-0.1, -0.05) is 11.6 Å². The van der Waals surface area contributed by atoms with Crippen LogP contribution < -0.4 is 5.32 Å². The predicted octanol–water partition coefficient (Wildman–Crippen LogP) is 2.77. The maximum absolute atomic E-state index is 6.01. The highest BCUT2D eigenvalue weighted by Gasteiger charge is 2.30. The Morgan fingerprint density at radius 1 is 1.57 bits per heavy atom. The molecule has 0 radical (unpaired) electrons. The number of pyridine rings is 1. The monoisotopic (exact) mass is 210 g/mol. The lowest BCUT2D eigenvalue weighted by molar-refractivity contribution is 0.207. The zero-order chi connectivity index (χ0) is 10.0. The first kappa shape index (κ1) is 9.94. The molecule has 1 aliphatic carbocycles. The first-order valence-corrected chi connectivity index (χ1v) is 5.41. The maximum atomic E-state index is 6.01. The molecular weight excluding hydrogens is 196 g/mol. The van der Waals surface area contributed by atoms with E-state index in [2.05, 4.69) is 17.2 Å². The smallest absolute Gasteiger partial charge is 0.0634 e. The lowest BCUT2D eigenvalue weighted by atomic mass is 9.78. The molecule has 0 spiro atoms. The van der Waals surface area contributed by atoms with Gasteiger partial charge in [-0.15, -0.1) is 0 Å². The number of nitrogens with one attached hydrogen (secondary N) is 1. The highest BCUT2D eigenvalue weighted by atomic mass is 35.5. The van der Waals surface area contributed by atoms with Crippen LogP contribution in [0.2, 0.25) is 5.02 Å². The molecule has 3 heteroatoms. The van der Waals surface area contributed by atoms with Gasteiger partial charge in [0.15, 0.2) is 0 Å². The molecule has 1 aromatic heterocycles. The Kier molecular flexibility index (Phi) is 2.75. The van der Waals surface area contributed by atoms with Crippen LogP contribution in [-0.2, 0) is 6.54 Å². The summed E-state index contributed by atoms with van der Waals surface area (Å²) in [5, 5.41) is 4.29. The van der Waals surface area contributed by atoms with Gasteiger partial charge in [0.25, 0.3) is 0 Å². The van der Waals surface area contributed by atoms with Gasteiger partial charge in [-0.25, -0.2) is 0 Å². The van der Waals surface area contributed by atoms with Crippen LogP contribution >= 0.6 is 11.6 Å². The summed E-state index contributed by atoms with van der Waals surface area (Å²) in [5.74, 6) is 0. The molecule has 2 rings (SSSR count). The van der Waals surface area contributed by atoms with Crippen molar-refractivity contribution >= 4 is 11.6 Å². The Bertz CT molecular complexity index is 321. The summed E-state index contributed by atoms with van der Waals surface area (Å²) in [4.78, 5) is 3.96. The zero-order valence-electron chi connectivity index (χ0n) is 8.39. The fourth-order valence-corrected chi connectivity index (χ4v) is 1.93. The summed E-state index contributed by atoms with van der Waals surface area (Å²) in [5.41, 5.74) is 1.47. The van der Waals surface area contributed by atoms with E-state index in [1.165, 1.54) is 19.3 Å². The van der Waals surface area contributed by atoms with Crippen LogP contribution in [-0.4, -0.2) is 10.5 Å². The SMILES string of the molecule is CC1(NCc2ccncc2Cl)CCC1. The zero-order valence-corrected chi connectivity index (χ0v) is 9.14. The Labute approximate surface area is 89.7 Å². The van der Waals surface area contributed by atoms with Crippen molar-refractivity contribution in [2.75, 3.05) is 0 Å². The van der Waals surface area contributed by atoms with Gasteiger partial charge in [-0.2, -0.15) is 0 Å². The number of hydrogen-bond acceptors (Lipinski definition) is 2. The fourth-order valence-electron chi connectivity index (χ4n) is 1.74. The molecule has 76 valence electrons. The van der Waals surface area contributed by atoms with Crippen LogP contribution in [0.4, 0.5) is 0 Å². The molecule has 1 fully saturated rings. The lowest BCUT2D eigenvalue weighted by Gasteiger charge is -2.39. The van der Waals surface area contributed by atoms with Crippen molar-refractivity contribution in [2.24, 2.45) is 0 Å². The summed E-state index contributed by atoms with van der Waals surface area (Å²) in [6.07, 6.45) is 7.37. The van der Waals surface area contributed by atoms with Gasteiger partial charge < -0.3 is 5.32 Å². The molecule has 0 atom stereocenters. The second-order valence-corrected chi connectivity index (χ2v) is 4.64. The minimum atomic E-state index is 0.340. The van der Waals surface area contributed by atoms with Gasteiger partial charge in [0.1, 0.15) is 0 Å². The molecule has 1 N–H and O–H groups in total. The van der Waals surface area contributed by atoms with E-state index in [1.807, 2.05) is 6.07 Å². The average molecular weight is 211 g/mol. The standard InChI is InChI=1S/C11H15ClN2/c1-11(4-2-5-11)14-7-9-3-6-13-8-10(9)12/h3,6,8,14H,2,4-5,7H2,1H3. The van der Waals surface area contributed by atoms with E-state index >= 15 is 0 Å². The number of rotatable bonds is 3. The molecule has 0 amide bonds. The highest BCUT2D eigenvalue weighted by Crippen LogP contribution is 2.31. The largest absolute Gasteiger partial charge is 0.307 e. The second-order valence-electron chi connectivity index (χ2n) is 4.23. The predicted molar refractivity (Wildman–Crippen MR) is 58.3 cm³/mol. The maximum Gasteiger partial charge on any atom is 0.0634 e. The molecular formula is C11H15ClN2. The molecule has 0 aliphatic heterocycles. The normalized spacial score (nSPS) is 19.0. The van der Waals surface area contributed by atoms with Crippen LogP contribution in [0.15, 0.2) is 18.5 Å². The van der Waals surface area contributed by atoms with E-state index in [4.69, 9.17) is 11.6 Å². The quantitative estimate of drug-likeness (QED) is 0.830. The van der Waals surface area contributed by atoms with Crippen LogP contribution in [0.1, 0.15) is 31.7 Å². The van der Waals surface area contributed by atoms with Crippen molar-refractivity contribution in [3.05, 3.63) is 29.0 Å². The van der Waals surface area contributed by atoms with E-state index in [9.17, 15) is 0 Å². The molecule has 1 aromatic rings. The first-order valence-electron chi connectivity index (χ1n) is 5.03. The molecule has 14 heavy (non-hydrogen) atoms. The molecule has 1 aliphatic rings. The van der Waals surface area contributed by atoms with Crippen molar-refractivity contribution in [1.82, 2.24) is 10.3 Å². The molecule has 2 nitrogen and oxygen atoms in total. The van der Waals surface area contributed by atoms with Crippen molar-refractivity contribution in [3.63, 3.8) is 0 Å². The van der Waals surface area contributed by atoms with E-state index in [1.54, 1.807) is 12.4 Å². The number of hydrogen-bond donors (Lipinski definition) is 1. The van der Waals surface area contributed by atoms with Gasteiger partial charge in [0.2, 0.25) is 0 Å². The lowest BCUT2D eigenvalue weighted by Crippen LogP contribution is -2.47. The van der Waals surface area contributed by atoms with E-state index in [-0.39, 0.29) is 0 Å². The van der Waals surface area contributed by atoms with Crippen molar-refractivity contribution < 1.29 is 0 Å². The summed E-state index contributed by atoms with van der Waals surface area (Å²) in [6, 6.07) is 1.97. The van der Waals surface area contributed by atoms with Gasteiger partial charge in [-0.05, 0) is 37.8 Å². The van der Waals surface area contributed by atoms with Crippen LogP contribution in [0.5, 0.6) is 0 Å². The topological polar surface area (TPSA) is 24.9 Å². The van der Waals surface area contributed by atoms with Crippen molar-refractivity contribution in [2.45, 2.75) is 38.3 Å². The first-order chi connectivity index (χ1) is 6.70. The molecule has 1 heterocycles. The third-order valence-electron chi connectivity index (χ3n) is 3.02. The molecule has 1 saturated carbocycles. The van der Waals surface area contributed by atoms with Crippen LogP contribution in [0, 0.1) is 0 Å². The minimum absolute atomic E-state index is 0.340. The Hall–Kier alpha value is -0.600. The summed E-state index contributed by atoms with van der Waals surface area (Å²) >= 11 is 6.01. The third-order valence-corrected chi connectivity index (χ3v) is 3.36.